The second-order valence-corrected chi connectivity index (χ2v) is 6.61. The number of nitrogens with zero attached hydrogens (tertiary/aromatic N) is 3. The third kappa shape index (κ3) is 3.60. The van der Waals surface area contributed by atoms with Gasteiger partial charge in [0.15, 0.2) is 11.5 Å². The summed E-state index contributed by atoms with van der Waals surface area (Å²) in [6.07, 6.45) is 2.02. The summed E-state index contributed by atoms with van der Waals surface area (Å²) in [5, 5.41) is 3.98. The van der Waals surface area contributed by atoms with Gasteiger partial charge in [-0.3, -0.25) is 9.69 Å². The molecule has 0 N–H and O–H groups in total. The van der Waals surface area contributed by atoms with Crippen LogP contribution in [0.2, 0.25) is 0 Å². The lowest BCUT2D eigenvalue weighted by atomic mass is 10.0. The first-order valence-corrected chi connectivity index (χ1v) is 8.94. The van der Waals surface area contributed by atoms with E-state index in [2.05, 4.69) is 10.1 Å². The number of amides is 1. The van der Waals surface area contributed by atoms with E-state index in [1.165, 1.54) is 0 Å². The fourth-order valence-electron chi connectivity index (χ4n) is 3.65. The second kappa shape index (κ2) is 7.37. The maximum Gasteiger partial charge on any atom is 0.276 e. The number of hydrogen-bond acceptors (Lipinski definition) is 5. The smallest absolute Gasteiger partial charge is 0.276 e. The van der Waals surface area contributed by atoms with Crippen LogP contribution < -0.4 is 0 Å². The molecule has 1 aromatic heterocycles. The zero-order chi connectivity index (χ0) is 17.1. The van der Waals surface area contributed by atoms with Crippen molar-refractivity contribution >= 4 is 5.91 Å². The number of rotatable bonds is 3. The van der Waals surface area contributed by atoms with Gasteiger partial charge in [0, 0.05) is 43.9 Å². The molecule has 0 radical (unpaired) electrons. The first-order chi connectivity index (χ1) is 12.3. The Labute approximate surface area is 147 Å². The first kappa shape index (κ1) is 16.3. The topological polar surface area (TPSA) is 58.8 Å². The highest BCUT2D eigenvalue weighted by Gasteiger charge is 2.29. The molecule has 0 unspecified atom stereocenters. The van der Waals surface area contributed by atoms with Crippen molar-refractivity contribution in [2.75, 3.05) is 39.4 Å². The molecule has 2 fully saturated rings. The Morgan fingerprint density at radius 3 is 2.48 bits per heavy atom. The molecule has 0 aliphatic carbocycles. The number of carbonyl (C=O) groups is 1. The summed E-state index contributed by atoms with van der Waals surface area (Å²) in [6.45, 7) is 5.19. The Morgan fingerprint density at radius 1 is 1.04 bits per heavy atom. The van der Waals surface area contributed by atoms with Crippen LogP contribution in [-0.2, 0) is 4.74 Å². The molecule has 0 atom stereocenters. The molecule has 1 aromatic carbocycles. The van der Waals surface area contributed by atoms with E-state index in [0.29, 0.717) is 17.5 Å². The van der Waals surface area contributed by atoms with Gasteiger partial charge in [-0.15, -0.1) is 0 Å². The van der Waals surface area contributed by atoms with Crippen LogP contribution >= 0.6 is 0 Å². The minimum Gasteiger partial charge on any atom is -0.379 e. The predicted molar refractivity (Wildman–Crippen MR) is 93.3 cm³/mol. The summed E-state index contributed by atoms with van der Waals surface area (Å²) in [6, 6.07) is 12.0. The molecule has 0 saturated carbocycles. The van der Waals surface area contributed by atoms with Crippen LogP contribution in [0.3, 0.4) is 0 Å². The highest BCUT2D eigenvalue weighted by Crippen LogP contribution is 2.23. The Hall–Kier alpha value is -2.18. The minimum atomic E-state index is -0.0358. The average Bonchev–Trinajstić information content (AvgIpc) is 3.19. The molecule has 2 aliphatic rings. The molecule has 132 valence electrons. The molecular formula is C19H23N3O3. The van der Waals surface area contributed by atoms with Crippen molar-refractivity contribution in [2.24, 2.45) is 0 Å². The van der Waals surface area contributed by atoms with E-state index in [-0.39, 0.29) is 5.91 Å². The van der Waals surface area contributed by atoms with Crippen molar-refractivity contribution in [1.82, 2.24) is 15.0 Å². The van der Waals surface area contributed by atoms with Gasteiger partial charge in [-0.05, 0) is 12.8 Å². The Morgan fingerprint density at radius 2 is 1.76 bits per heavy atom. The Balaban J connectivity index is 1.37. The van der Waals surface area contributed by atoms with Crippen molar-refractivity contribution in [1.29, 1.82) is 0 Å². The van der Waals surface area contributed by atoms with E-state index in [1.807, 2.05) is 35.2 Å². The molecular weight excluding hydrogens is 318 g/mol. The van der Waals surface area contributed by atoms with Crippen molar-refractivity contribution in [3.63, 3.8) is 0 Å². The number of likely N-dealkylation sites (tertiary alicyclic amines) is 1. The summed E-state index contributed by atoms with van der Waals surface area (Å²) in [4.78, 5) is 17.1. The van der Waals surface area contributed by atoms with Crippen molar-refractivity contribution < 1.29 is 14.1 Å². The van der Waals surface area contributed by atoms with E-state index in [9.17, 15) is 4.79 Å². The number of carbonyl (C=O) groups excluding carboxylic acids is 1. The molecule has 1 amide bonds. The number of morpholine rings is 1. The van der Waals surface area contributed by atoms with E-state index >= 15 is 0 Å². The molecule has 2 saturated heterocycles. The molecule has 0 bridgehead atoms. The van der Waals surface area contributed by atoms with Crippen LogP contribution in [0.15, 0.2) is 40.9 Å². The van der Waals surface area contributed by atoms with Crippen LogP contribution in [-0.4, -0.2) is 66.3 Å². The molecule has 3 heterocycles. The maximum absolute atomic E-state index is 12.7. The van der Waals surface area contributed by atoms with Crippen LogP contribution in [0.4, 0.5) is 0 Å². The lowest BCUT2D eigenvalue weighted by Crippen LogP contribution is -2.50. The number of aromatic nitrogens is 1. The number of benzene rings is 1. The summed E-state index contributed by atoms with van der Waals surface area (Å²) in [5.41, 5.74) is 1.32. The monoisotopic (exact) mass is 341 g/mol. The Bertz CT molecular complexity index is 702. The van der Waals surface area contributed by atoms with E-state index in [4.69, 9.17) is 9.26 Å². The van der Waals surface area contributed by atoms with Gasteiger partial charge in [-0.2, -0.15) is 0 Å². The van der Waals surface area contributed by atoms with Crippen molar-refractivity contribution in [2.45, 2.75) is 18.9 Å². The number of hydrogen-bond donors (Lipinski definition) is 0. The van der Waals surface area contributed by atoms with Gasteiger partial charge < -0.3 is 14.2 Å². The van der Waals surface area contributed by atoms with Crippen LogP contribution in [0.1, 0.15) is 23.3 Å². The highest BCUT2D eigenvalue weighted by atomic mass is 16.5. The largest absolute Gasteiger partial charge is 0.379 e. The molecule has 2 aliphatic heterocycles. The summed E-state index contributed by atoms with van der Waals surface area (Å²) >= 11 is 0. The van der Waals surface area contributed by atoms with E-state index in [1.54, 1.807) is 6.07 Å². The molecule has 2 aromatic rings. The molecule has 6 heteroatoms. The zero-order valence-electron chi connectivity index (χ0n) is 14.3. The lowest BCUT2D eigenvalue weighted by molar-refractivity contribution is 0.00149. The van der Waals surface area contributed by atoms with Gasteiger partial charge in [-0.1, -0.05) is 35.5 Å². The molecule has 0 spiro atoms. The van der Waals surface area contributed by atoms with Gasteiger partial charge in [0.25, 0.3) is 5.91 Å². The van der Waals surface area contributed by atoms with Crippen LogP contribution in [0.25, 0.3) is 11.3 Å². The van der Waals surface area contributed by atoms with Crippen molar-refractivity contribution in [3.05, 3.63) is 42.1 Å². The number of ether oxygens (including phenoxy) is 1. The summed E-state index contributed by atoms with van der Waals surface area (Å²) in [7, 11) is 0. The van der Waals surface area contributed by atoms with Gasteiger partial charge in [0.2, 0.25) is 0 Å². The zero-order valence-corrected chi connectivity index (χ0v) is 14.3. The Kier molecular flexibility index (Phi) is 4.81. The molecule has 4 rings (SSSR count). The van der Waals surface area contributed by atoms with E-state index < -0.39 is 0 Å². The molecule has 6 nitrogen and oxygen atoms in total. The normalized spacial score (nSPS) is 19.9. The average molecular weight is 341 g/mol. The van der Waals surface area contributed by atoms with Crippen LogP contribution in [0.5, 0.6) is 0 Å². The van der Waals surface area contributed by atoms with E-state index in [0.717, 1.165) is 57.8 Å². The van der Waals surface area contributed by atoms with Crippen LogP contribution in [0, 0.1) is 0 Å². The first-order valence-electron chi connectivity index (χ1n) is 8.94. The summed E-state index contributed by atoms with van der Waals surface area (Å²) < 4.78 is 10.8. The highest BCUT2D eigenvalue weighted by molar-refractivity contribution is 5.93. The third-order valence-electron chi connectivity index (χ3n) is 5.10. The SMILES string of the molecule is O=C(c1cc(-c2ccccc2)on1)N1CCC(N2CCOCC2)CC1. The lowest BCUT2D eigenvalue weighted by Gasteiger charge is -2.39. The standard InChI is InChI=1S/C19H23N3O3/c23-19(17-14-18(25-20-17)15-4-2-1-3-5-15)22-8-6-16(7-9-22)21-10-12-24-13-11-21/h1-5,14,16H,6-13H2. The fraction of sp³-hybridized carbons (Fsp3) is 0.474. The summed E-state index contributed by atoms with van der Waals surface area (Å²) in [5.74, 6) is 0.596. The van der Waals surface area contributed by atoms with Crippen molar-refractivity contribution in [3.8, 4) is 11.3 Å². The van der Waals surface area contributed by atoms with Gasteiger partial charge in [0.1, 0.15) is 0 Å². The predicted octanol–water partition coefficient (Wildman–Crippen LogP) is 2.28. The fourth-order valence-corrected chi connectivity index (χ4v) is 3.65. The maximum atomic E-state index is 12.7. The van der Waals surface area contributed by atoms with Gasteiger partial charge in [-0.25, -0.2) is 0 Å². The van der Waals surface area contributed by atoms with Gasteiger partial charge >= 0.3 is 0 Å². The molecule has 25 heavy (non-hydrogen) atoms. The third-order valence-corrected chi connectivity index (χ3v) is 5.10. The minimum absolute atomic E-state index is 0.0358. The second-order valence-electron chi connectivity index (χ2n) is 6.61. The van der Waals surface area contributed by atoms with Gasteiger partial charge in [0.05, 0.1) is 13.2 Å². The quantitative estimate of drug-likeness (QED) is 0.857. The number of piperidine rings is 1.